The number of benzene rings is 1. The Hall–Kier alpha value is -1.44. The molecule has 0 saturated heterocycles. The fraction of sp³-hybridized carbons (Fsp3) is 0.533. The maximum atomic E-state index is 13.3. The molecule has 1 aliphatic rings. The molecule has 0 heterocycles. The van der Waals surface area contributed by atoms with Gasteiger partial charge in [0.05, 0.1) is 5.56 Å². The Morgan fingerprint density at radius 3 is 2.95 bits per heavy atom. The zero-order valence-corrected chi connectivity index (χ0v) is 11.3. The molecule has 1 aromatic carbocycles. The van der Waals surface area contributed by atoms with E-state index in [0.29, 0.717) is 12.0 Å². The van der Waals surface area contributed by atoms with Gasteiger partial charge in [-0.3, -0.25) is 4.90 Å². The van der Waals surface area contributed by atoms with Gasteiger partial charge in [-0.05, 0) is 50.0 Å². The smallest absolute Gasteiger partial charge is 0.140 e. The van der Waals surface area contributed by atoms with Crippen molar-refractivity contribution in [1.29, 1.82) is 5.26 Å². The molecule has 4 heteroatoms. The molecule has 2 unspecified atom stereocenters. The molecule has 2 N–H and O–H groups in total. The molecule has 2 rings (SSSR count). The van der Waals surface area contributed by atoms with E-state index in [1.807, 2.05) is 6.07 Å². The molecule has 19 heavy (non-hydrogen) atoms. The topological polar surface area (TPSA) is 53.0 Å². The van der Waals surface area contributed by atoms with Crippen molar-refractivity contribution >= 4 is 0 Å². The van der Waals surface area contributed by atoms with E-state index in [4.69, 9.17) is 11.0 Å². The van der Waals surface area contributed by atoms with E-state index in [1.54, 1.807) is 12.1 Å². The number of hydrogen-bond acceptors (Lipinski definition) is 3. The van der Waals surface area contributed by atoms with Gasteiger partial charge in [0, 0.05) is 12.6 Å². The summed E-state index contributed by atoms with van der Waals surface area (Å²) in [5.74, 6) is 0.107. The summed E-state index contributed by atoms with van der Waals surface area (Å²) < 4.78 is 13.3. The Morgan fingerprint density at radius 2 is 2.26 bits per heavy atom. The van der Waals surface area contributed by atoms with Crippen molar-refractivity contribution in [2.75, 3.05) is 13.6 Å². The van der Waals surface area contributed by atoms with Crippen LogP contribution in [0.5, 0.6) is 0 Å². The van der Waals surface area contributed by atoms with Gasteiger partial charge in [-0.2, -0.15) is 5.26 Å². The number of hydrogen-bond donors (Lipinski definition) is 1. The molecule has 102 valence electrons. The van der Waals surface area contributed by atoms with E-state index in [0.717, 1.165) is 18.7 Å². The minimum Gasteiger partial charge on any atom is -0.330 e. The highest BCUT2D eigenvalue weighted by molar-refractivity contribution is 5.34. The third-order valence-electron chi connectivity index (χ3n) is 4.07. The van der Waals surface area contributed by atoms with Crippen molar-refractivity contribution in [3.8, 4) is 6.07 Å². The number of nitriles is 1. The first kappa shape index (κ1) is 14.0. The first-order chi connectivity index (χ1) is 9.15. The van der Waals surface area contributed by atoms with Gasteiger partial charge < -0.3 is 5.73 Å². The molecule has 0 radical (unpaired) electrons. The first-order valence-electron chi connectivity index (χ1n) is 6.74. The lowest BCUT2D eigenvalue weighted by Crippen LogP contribution is -2.37. The lowest BCUT2D eigenvalue weighted by Gasteiger charge is -2.29. The average Bonchev–Trinajstić information content (AvgIpc) is 2.89. The van der Waals surface area contributed by atoms with Crippen molar-refractivity contribution in [1.82, 2.24) is 4.90 Å². The zero-order valence-electron chi connectivity index (χ0n) is 11.3. The highest BCUT2D eigenvalue weighted by atomic mass is 19.1. The summed E-state index contributed by atoms with van der Waals surface area (Å²) in [5, 5.41) is 8.85. The van der Waals surface area contributed by atoms with E-state index in [1.165, 1.54) is 25.3 Å². The summed E-state index contributed by atoms with van der Waals surface area (Å²) in [4.78, 5) is 2.28. The Bertz CT molecular complexity index is 481. The minimum atomic E-state index is -0.449. The molecular weight excluding hydrogens is 241 g/mol. The van der Waals surface area contributed by atoms with E-state index in [-0.39, 0.29) is 5.56 Å². The van der Waals surface area contributed by atoms with E-state index >= 15 is 0 Å². The van der Waals surface area contributed by atoms with Crippen LogP contribution in [0.2, 0.25) is 0 Å². The number of rotatable bonds is 4. The lowest BCUT2D eigenvalue weighted by molar-refractivity contribution is 0.193. The average molecular weight is 261 g/mol. The Kier molecular flexibility index (Phi) is 4.52. The summed E-state index contributed by atoms with van der Waals surface area (Å²) in [6, 6.07) is 7.14. The molecule has 0 spiro atoms. The van der Waals surface area contributed by atoms with Crippen LogP contribution in [-0.2, 0) is 6.54 Å². The molecule has 1 aromatic rings. The van der Waals surface area contributed by atoms with Gasteiger partial charge in [-0.15, -0.1) is 0 Å². The highest BCUT2D eigenvalue weighted by Gasteiger charge is 2.29. The lowest BCUT2D eigenvalue weighted by atomic mass is 10.0. The van der Waals surface area contributed by atoms with E-state index in [9.17, 15) is 4.39 Å². The summed E-state index contributed by atoms with van der Waals surface area (Å²) in [7, 11) is 2.08. The number of halogens is 1. The molecule has 0 aromatic heterocycles. The SMILES string of the molecule is CN(Cc1ccc(F)c(C#N)c1)C1CCCC1CN. The van der Waals surface area contributed by atoms with Crippen LogP contribution in [-0.4, -0.2) is 24.5 Å². The van der Waals surface area contributed by atoms with Gasteiger partial charge in [0.2, 0.25) is 0 Å². The summed E-state index contributed by atoms with van der Waals surface area (Å²) in [6.45, 7) is 1.46. The van der Waals surface area contributed by atoms with Crippen LogP contribution in [0.25, 0.3) is 0 Å². The summed E-state index contributed by atoms with van der Waals surface area (Å²) in [6.07, 6.45) is 3.59. The largest absolute Gasteiger partial charge is 0.330 e. The fourth-order valence-electron chi connectivity index (χ4n) is 3.03. The molecule has 1 aliphatic carbocycles. The maximum Gasteiger partial charge on any atom is 0.140 e. The van der Waals surface area contributed by atoms with Gasteiger partial charge in [0.1, 0.15) is 11.9 Å². The Morgan fingerprint density at radius 1 is 1.47 bits per heavy atom. The molecule has 3 nitrogen and oxygen atoms in total. The minimum absolute atomic E-state index is 0.118. The van der Waals surface area contributed by atoms with Crippen molar-refractivity contribution < 1.29 is 4.39 Å². The van der Waals surface area contributed by atoms with Gasteiger partial charge in [0.15, 0.2) is 0 Å². The number of nitrogens with zero attached hydrogens (tertiary/aromatic N) is 2. The van der Waals surface area contributed by atoms with E-state index in [2.05, 4.69) is 11.9 Å². The monoisotopic (exact) mass is 261 g/mol. The summed E-state index contributed by atoms with van der Waals surface area (Å²) >= 11 is 0. The highest BCUT2D eigenvalue weighted by Crippen LogP contribution is 2.29. The van der Waals surface area contributed by atoms with Crippen molar-refractivity contribution in [3.05, 3.63) is 35.1 Å². The quantitative estimate of drug-likeness (QED) is 0.904. The van der Waals surface area contributed by atoms with Crippen molar-refractivity contribution in [2.24, 2.45) is 11.7 Å². The third kappa shape index (κ3) is 3.12. The van der Waals surface area contributed by atoms with Gasteiger partial charge >= 0.3 is 0 Å². The van der Waals surface area contributed by atoms with Crippen molar-refractivity contribution in [2.45, 2.75) is 31.8 Å². The second kappa shape index (κ2) is 6.14. The van der Waals surface area contributed by atoms with Gasteiger partial charge in [-0.1, -0.05) is 12.5 Å². The third-order valence-corrected chi connectivity index (χ3v) is 4.07. The fourth-order valence-corrected chi connectivity index (χ4v) is 3.03. The van der Waals surface area contributed by atoms with Gasteiger partial charge in [0.25, 0.3) is 0 Å². The standard InChI is InChI=1S/C15H20FN3/c1-19(15-4-2-3-12(15)8-17)10-11-5-6-14(16)13(7-11)9-18/h5-7,12,15H,2-4,8,10,17H2,1H3. The predicted octanol–water partition coefficient (Wildman–Crippen LogP) is 2.26. The predicted molar refractivity (Wildman–Crippen MR) is 72.8 cm³/mol. The first-order valence-corrected chi connectivity index (χ1v) is 6.74. The molecule has 0 bridgehead atoms. The van der Waals surface area contributed by atoms with Crippen LogP contribution in [0.3, 0.4) is 0 Å². The normalized spacial score (nSPS) is 22.7. The van der Waals surface area contributed by atoms with Crippen LogP contribution in [0, 0.1) is 23.1 Å². The number of nitrogens with two attached hydrogens (primary N) is 1. The molecule has 1 fully saturated rings. The molecule has 0 amide bonds. The Balaban J connectivity index is 2.06. The zero-order chi connectivity index (χ0) is 13.8. The maximum absolute atomic E-state index is 13.3. The van der Waals surface area contributed by atoms with E-state index < -0.39 is 5.82 Å². The second-order valence-corrected chi connectivity index (χ2v) is 5.34. The van der Waals surface area contributed by atoms with Crippen LogP contribution in [0.4, 0.5) is 4.39 Å². The van der Waals surface area contributed by atoms with Crippen LogP contribution >= 0.6 is 0 Å². The second-order valence-electron chi connectivity index (χ2n) is 5.34. The molecule has 1 saturated carbocycles. The van der Waals surface area contributed by atoms with Crippen LogP contribution < -0.4 is 5.73 Å². The van der Waals surface area contributed by atoms with Gasteiger partial charge in [-0.25, -0.2) is 4.39 Å². The molecule has 2 atom stereocenters. The molecule has 0 aliphatic heterocycles. The summed E-state index contributed by atoms with van der Waals surface area (Å²) in [5.41, 5.74) is 6.89. The Labute approximate surface area is 113 Å². The van der Waals surface area contributed by atoms with Crippen molar-refractivity contribution in [3.63, 3.8) is 0 Å². The molecular formula is C15H20FN3. The van der Waals surface area contributed by atoms with Crippen LogP contribution in [0.15, 0.2) is 18.2 Å². The van der Waals surface area contributed by atoms with Crippen LogP contribution in [0.1, 0.15) is 30.4 Å².